The zero-order valence-electron chi connectivity index (χ0n) is 17.8. The third-order valence-corrected chi connectivity index (χ3v) is 6.77. The Hall–Kier alpha value is -2.59. The average molecular weight is 421 g/mol. The summed E-state index contributed by atoms with van der Waals surface area (Å²) in [5.74, 6) is -0.335. The standard InChI is InChI=1S/C26H28O3S/c1-26(2,3)16-21(25(27)28)24-20(15-23(30-24)17-8-5-4-6-9-17)18-11-12-22-19(14-18)10-7-13-29-22/h4-6,8-9,11-12,14-15,21H,7,10,13,16H2,1-3H3,(H,27,28). The van der Waals surface area contributed by atoms with Gasteiger partial charge in [-0.3, -0.25) is 4.79 Å². The molecule has 1 atom stereocenters. The Balaban J connectivity index is 1.85. The highest BCUT2D eigenvalue weighted by Crippen LogP contribution is 2.45. The van der Waals surface area contributed by atoms with Crippen molar-refractivity contribution in [3.63, 3.8) is 0 Å². The first-order chi connectivity index (χ1) is 14.3. The van der Waals surface area contributed by atoms with Gasteiger partial charge in [-0.2, -0.15) is 0 Å². The highest BCUT2D eigenvalue weighted by atomic mass is 32.1. The van der Waals surface area contributed by atoms with E-state index in [2.05, 4.69) is 51.1 Å². The van der Waals surface area contributed by atoms with Gasteiger partial charge in [-0.25, -0.2) is 0 Å². The number of carbonyl (C=O) groups is 1. The van der Waals surface area contributed by atoms with E-state index in [1.54, 1.807) is 11.3 Å². The van der Waals surface area contributed by atoms with Gasteiger partial charge in [0.25, 0.3) is 0 Å². The zero-order chi connectivity index (χ0) is 21.3. The van der Waals surface area contributed by atoms with Gasteiger partial charge in [0.1, 0.15) is 5.75 Å². The summed E-state index contributed by atoms with van der Waals surface area (Å²) in [7, 11) is 0. The number of hydrogen-bond acceptors (Lipinski definition) is 3. The normalized spacial score (nSPS) is 14.6. The second-order valence-corrected chi connectivity index (χ2v) is 10.3. The lowest BCUT2D eigenvalue weighted by molar-refractivity contribution is -0.139. The van der Waals surface area contributed by atoms with Crippen LogP contribution in [-0.4, -0.2) is 17.7 Å². The fourth-order valence-corrected chi connectivity index (χ4v) is 5.35. The molecular formula is C26H28O3S. The van der Waals surface area contributed by atoms with E-state index in [0.29, 0.717) is 6.42 Å². The molecule has 0 spiro atoms. The van der Waals surface area contributed by atoms with Gasteiger partial charge in [0.05, 0.1) is 12.5 Å². The number of benzene rings is 2. The van der Waals surface area contributed by atoms with Crippen LogP contribution in [0.5, 0.6) is 5.75 Å². The van der Waals surface area contributed by atoms with E-state index in [-0.39, 0.29) is 5.41 Å². The third kappa shape index (κ3) is 4.44. The van der Waals surface area contributed by atoms with Crippen LogP contribution in [0.15, 0.2) is 54.6 Å². The number of thiophene rings is 1. The predicted molar refractivity (Wildman–Crippen MR) is 123 cm³/mol. The molecule has 30 heavy (non-hydrogen) atoms. The van der Waals surface area contributed by atoms with E-state index in [1.807, 2.05) is 24.3 Å². The Labute approximate surface area is 182 Å². The Bertz CT molecular complexity index is 1040. The summed E-state index contributed by atoms with van der Waals surface area (Å²) >= 11 is 1.61. The number of rotatable bonds is 5. The highest BCUT2D eigenvalue weighted by Gasteiger charge is 2.31. The molecule has 0 bridgehead atoms. The quantitative estimate of drug-likeness (QED) is 0.483. The molecule has 2 aromatic carbocycles. The Morgan fingerprint density at radius 2 is 1.87 bits per heavy atom. The highest BCUT2D eigenvalue weighted by molar-refractivity contribution is 7.16. The average Bonchev–Trinajstić information content (AvgIpc) is 3.16. The lowest BCUT2D eigenvalue weighted by Crippen LogP contribution is -2.19. The van der Waals surface area contributed by atoms with E-state index in [4.69, 9.17) is 4.74 Å². The molecule has 0 saturated carbocycles. The maximum Gasteiger partial charge on any atom is 0.311 e. The van der Waals surface area contributed by atoms with Crippen LogP contribution >= 0.6 is 11.3 Å². The number of carboxylic acid groups (broad SMARTS) is 1. The molecule has 0 aliphatic carbocycles. The first kappa shape index (κ1) is 20.7. The minimum atomic E-state index is -0.756. The van der Waals surface area contributed by atoms with Gasteiger partial charge in [0.2, 0.25) is 0 Å². The van der Waals surface area contributed by atoms with Crippen molar-refractivity contribution >= 4 is 17.3 Å². The van der Waals surface area contributed by atoms with Crippen LogP contribution in [0.1, 0.15) is 50.0 Å². The largest absolute Gasteiger partial charge is 0.493 e. The molecule has 0 amide bonds. The Morgan fingerprint density at radius 1 is 1.10 bits per heavy atom. The first-order valence-corrected chi connectivity index (χ1v) is 11.3. The number of aliphatic carboxylic acids is 1. The SMILES string of the molecule is CC(C)(C)CC(C(=O)O)c1sc(-c2ccccc2)cc1-c1ccc2c(c1)CCCO2. The number of ether oxygens (including phenoxy) is 1. The number of aryl methyl sites for hydroxylation is 1. The first-order valence-electron chi connectivity index (χ1n) is 10.5. The van der Waals surface area contributed by atoms with Gasteiger partial charge in [-0.1, -0.05) is 57.2 Å². The van der Waals surface area contributed by atoms with Crippen molar-refractivity contribution in [3.05, 3.63) is 65.0 Å². The van der Waals surface area contributed by atoms with E-state index >= 15 is 0 Å². The van der Waals surface area contributed by atoms with Crippen LogP contribution in [0, 0.1) is 5.41 Å². The van der Waals surface area contributed by atoms with Gasteiger partial charge in [-0.05, 0) is 65.1 Å². The van der Waals surface area contributed by atoms with Gasteiger partial charge < -0.3 is 9.84 Å². The van der Waals surface area contributed by atoms with Crippen LogP contribution < -0.4 is 4.74 Å². The van der Waals surface area contributed by atoms with Crippen molar-refractivity contribution in [2.45, 2.75) is 46.0 Å². The topological polar surface area (TPSA) is 46.5 Å². The molecule has 0 radical (unpaired) electrons. The van der Waals surface area contributed by atoms with Crippen molar-refractivity contribution in [2.75, 3.05) is 6.61 Å². The van der Waals surface area contributed by atoms with Crippen LogP contribution in [0.3, 0.4) is 0 Å². The summed E-state index contributed by atoms with van der Waals surface area (Å²) in [4.78, 5) is 14.4. The van der Waals surface area contributed by atoms with E-state index in [1.165, 1.54) is 5.56 Å². The molecule has 3 nitrogen and oxygen atoms in total. The smallest absolute Gasteiger partial charge is 0.311 e. The fourth-order valence-electron chi connectivity index (χ4n) is 4.07. The molecule has 0 saturated heterocycles. The van der Waals surface area contributed by atoms with Crippen molar-refractivity contribution in [3.8, 4) is 27.3 Å². The maximum absolute atomic E-state index is 12.3. The minimum Gasteiger partial charge on any atom is -0.493 e. The molecule has 1 aliphatic rings. The van der Waals surface area contributed by atoms with Crippen LogP contribution in [0.2, 0.25) is 0 Å². The summed E-state index contributed by atoms with van der Waals surface area (Å²) in [6.07, 6.45) is 2.61. The van der Waals surface area contributed by atoms with Crippen LogP contribution in [-0.2, 0) is 11.2 Å². The second kappa shape index (κ2) is 8.27. The monoisotopic (exact) mass is 420 g/mol. The Morgan fingerprint density at radius 3 is 2.57 bits per heavy atom. The summed E-state index contributed by atoms with van der Waals surface area (Å²) in [5, 5.41) is 10.1. The van der Waals surface area contributed by atoms with E-state index in [0.717, 1.165) is 51.6 Å². The maximum atomic E-state index is 12.3. The predicted octanol–water partition coefficient (Wildman–Crippen LogP) is 7.01. The molecule has 1 unspecified atom stereocenters. The molecule has 1 N–H and O–H groups in total. The van der Waals surface area contributed by atoms with Crippen molar-refractivity contribution in [1.82, 2.24) is 0 Å². The van der Waals surface area contributed by atoms with Gasteiger partial charge in [0, 0.05) is 9.75 Å². The van der Waals surface area contributed by atoms with E-state index < -0.39 is 11.9 Å². The molecule has 1 aromatic heterocycles. The molecule has 1 aliphatic heterocycles. The molecule has 156 valence electrons. The number of hydrogen-bond donors (Lipinski definition) is 1. The summed E-state index contributed by atoms with van der Waals surface area (Å²) in [6, 6.07) is 18.7. The lowest BCUT2D eigenvalue weighted by Gasteiger charge is -2.24. The molecule has 2 heterocycles. The molecular weight excluding hydrogens is 392 g/mol. The van der Waals surface area contributed by atoms with Crippen LogP contribution in [0.25, 0.3) is 21.6 Å². The van der Waals surface area contributed by atoms with E-state index in [9.17, 15) is 9.90 Å². The van der Waals surface area contributed by atoms with Crippen molar-refractivity contribution in [2.24, 2.45) is 5.41 Å². The molecule has 3 aromatic rings. The molecule has 4 heteroatoms. The number of carboxylic acids is 1. The lowest BCUT2D eigenvalue weighted by atomic mass is 9.82. The molecule has 4 rings (SSSR count). The second-order valence-electron chi connectivity index (χ2n) is 9.18. The fraction of sp³-hybridized carbons (Fsp3) is 0.346. The van der Waals surface area contributed by atoms with Gasteiger partial charge in [-0.15, -0.1) is 11.3 Å². The Kier molecular flexibility index (Phi) is 5.70. The van der Waals surface area contributed by atoms with Crippen LogP contribution in [0.4, 0.5) is 0 Å². The summed E-state index contributed by atoms with van der Waals surface area (Å²) in [5.41, 5.74) is 4.36. The summed E-state index contributed by atoms with van der Waals surface area (Å²) < 4.78 is 5.78. The molecule has 0 fully saturated rings. The van der Waals surface area contributed by atoms with Crippen molar-refractivity contribution in [1.29, 1.82) is 0 Å². The van der Waals surface area contributed by atoms with Gasteiger partial charge in [0.15, 0.2) is 0 Å². The third-order valence-electron chi connectivity index (χ3n) is 5.47. The van der Waals surface area contributed by atoms with Crippen molar-refractivity contribution < 1.29 is 14.6 Å². The zero-order valence-corrected chi connectivity index (χ0v) is 18.6. The minimum absolute atomic E-state index is 0.0824. The number of fused-ring (bicyclic) bond motifs is 1. The van der Waals surface area contributed by atoms with Gasteiger partial charge >= 0.3 is 5.97 Å². The summed E-state index contributed by atoms with van der Waals surface area (Å²) in [6.45, 7) is 7.07.